The van der Waals surface area contributed by atoms with E-state index >= 15 is 0 Å². The number of hydrogen-bond acceptors (Lipinski definition) is 7. The van der Waals surface area contributed by atoms with Crippen LogP contribution in [0.15, 0.2) is 69.9 Å². The van der Waals surface area contributed by atoms with E-state index < -0.39 is 47.4 Å². The SMILES string of the molecule is CC(C)C[C@H](NC(=O)[C@@H](N)Cc1ccccc1)C(=O)N[C@@H](CCCCNC(=O)c1cc2ccccc2oc1=O)C(N)=O. The van der Waals surface area contributed by atoms with Gasteiger partial charge in [0, 0.05) is 11.9 Å². The summed E-state index contributed by atoms with van der Waals surface area (Å²) in [6, 6.07) is 15.0. The van der Waals surface area contributed by atoms with E-state index in [1.807, 2.05) is 44.2 Å². The van der Waals surface area contributed by atoms with Gasteiger partial charge in [-0.15, -0.1) is 0 Å². The maximum absolute atomic E-state index is 13.1. The Balaban J connectivity index is 1.50. The first-order valence-corrected chi connectivity index (χ1v) is 14.1. The van der Waals surface area contributed by atoms with Crippen LogP contribution in [0.3, 0.4) is 0 Å². The summed E-state index contributed by atoms with van der Waals surface area (Å²) < 4.78 is 5.20. The summed E-state index contributed by atoms with van der Waals surface area (Å²) in [5.41, 5.74) is 12.1. The molecule has 1 heterocycles. The smallest absolute Gasteiger partial charge is 0.349 e. The van der Waals surface area contributed by atoms with Crippen molar-refractivity contribution in [2.75, 3.05) is 6.54 Å². The molecule has 0 bridgehead atoms. The molecule has 1 aromatic heterocycles. The molecule has 3 aromatic rings. The molecular weight excluding hydrogens is 538 g/mol. The lowest BCUT2D eigenvalue weighted by atomic mass is 10.0. The molecule has 11 nitrogen and oxygen atoms in total. The quantitative estimate of drug-likeness (QED) is 0.134. The highest BCUT2D eigenvalue weighted by Gasteiger charge is 2.28. The number of nitrogens with one attached hydrogen (secondary N) is 3. The Labute approximate surface area is 244 Å². The van der Waals surface area contributed by atoms with Crippen molar-refractivity contribution >= 4 is 34.6 Å². The van der Waals surface area contributed by atoms with Crippen molar-refractivity contribution in [2.45, 2.75) is 64.1 Å². The monoisotopic (exact) mass is 577 g/mol. The Hall–Kier alpha value is -4.51. The van der Waals surface area contributed by atoms with E-state index in [-0.39, 0.29) is 24.4 Å². The summed E-state index contributed by atoms with van der Waals surface area (Å²) in [6.45, 7) is 4.06. The highest BCUT2D eigenvalue weighted by Crippen LogP contribution is 2.13. The molecule has 2 aromatic carbocycles. The van der Waals surface area contributed by atoms with Crippen LogP contribution in [0.2, 0.25) is 0 Å². The van der Waals surface area contributed by atoms with Gasteiger partial charge < -0.3 is 31.8 Å². The van der Waals surface area contributed by atoms with Crippen LogP contribution in [0.25, 0.3) is 11.0 Å². The maximum atomic E-state index is 13.1. The fourth-order valence-corrected chi connectivity index (χ4v) is 4.49. The van der Waals surface area contributed by atoms with Gasteiger partial charge in [0.2, 0.25) is 17.7 Å². The van der Waals surface area contributed by atoms with Crippen LogP contribution in [-0.2, 0) is 20.8 Å². The summed E-state index contributed by atoms with van der Waals surface area (Å²) in [6.07, 6.45) is 1.80. The van der Waals surface area contributed by atoms with Gasteiger partial charge in [-0.2, -0.15) is 0 Å². The van der Waals surface area contributed by atoms with Gasteiger partial charge in [-0.1, -0.05) is 62.4 Å². The van der Waals surface area contributed by atoms with Gasteiger partial charge >= 0.3 is 5.63 Å². The zero-order valence-corrected chi connectivity index (χ0v) is 23.9. The van der Waals surface area contributed by atoms with Crippen molar-refractivity contribution in [1.29, 1.82) is 0 Å². The highest BCUT2D eigenvalue weighted by atomic mass is 16.4. The minimum Gasteiger partial charge on any atom is -0.422 e. The third-order valence-electron chi connectivity index (χ3n) is 6.73. The van der Waals surface area contributed by atoms with Gasteiger partial charge in [0.25, 0.3) is 5.91 Å². The third-order valence-corrected chi connectivity index (χ3v) is 6.73. The Bertz CT molecular complexity index is 1440. The van der Waals surface area contributed by atoms with Gasteiger partial charge in [-0.25, -0.2) is 4.79 Å². The second-order valence-corrected chi connectivity index (χ2v) is 10.7. The van der Waals surface area contributed by atoms with Crippen LogP contribution in [-0.4, -0.2) is 48.3 Å². The minimum atomic E-state index is -0.967. The summed E-state index contributed by atoms with van der Waals surface area (Å²) in [7, 11) is 0. The molecular formula is C31H39N5O6. The molecule has 4 amide bonds. The molecule has 0 saturated heterocycles. The highest BCUT2D eigenvalue weighted by molar-refractivity contribution is 5.96. The van der Waals surface area contributed by atoms with E-state index in [2.05, 4.69) is 16.0 Å². The van der Waals surface area contributed by atoms with Crippen molar-refractivity contribution in [3.8, 4) is 0 Å². The predicted octanol–water partition coefficient (Wildman–Crippen LogP) is 1.76. The molecule has 0 aliphatic carbocycles. The Morgan fingerprint density at radius 3 is 2.24 bits per heavy atom. The van der Waals surface area contributed by atoms with Crippen molar-refractivity contribution in [1.82, 2.24) is 16.0 Å². The minimum absolute atomic E-state index is 0.0760. The van der Waals surface area contributed by atoms with E-state index in [1.54, 1.807) is 24.3 Å². The lowest BCUT2D eigenvalue weighted by Gasteiger charge is -2.24. The van der Waals surface area contributed by atoms with Gasteiger partial charge in [-0.05, 0) is 55.7 Å². The fraction of sp³-hybridized carbons (Fsp3) is 0.387. The number of primary amides is 1. The number of para-hydroxylation sites is 1. The normalized spacial score (nSPS) is 13.2. The number of carbonyl (C=O) groups excluding carboxylic acids is 4. The number of amides is 4. The van der Waals surface area contributed by atoms with Crippen LogP contribution in [0, 0.1) is 5.92 Å². The van der Waals surface area contributed by atoms with Crippen molar-refractivity contribution in [3.05, 3.63) is 82.2 Å². The van der Waals surface area contributed by atoms with Crippen molar-refractivity contribution in [2.24, 2.45) is 17.4 Å². The average Bonchev–Trinajstić information content (AvgIpc) is 2.95. The lowest BCUT2D eigenvalue weighted by molar-refractivity contribution is -0.132. The van der Waals surface area contributed by atoms with E-state index in [9.17, 15) is 24.0 Å². The first-order valence-electron chi connectivity index (χ1n) is 14.1. The van der Waals surface area contributed by atoms with Gasteiger partial charge in [0.05, 0.1) is 6.04 Å². The number of nitrogens with two attached hydrogens (primary N) is 2. The van der Waals surface area contributed by atoms with Crippen LogP contribution in [0.1, 0.15) is 55.5 Å². The predicted molar refractivity (Wildman–Crippen MR) is 159 cm³/mol. The molecule has 0 radical (unpaired) electrons. The van der Waals surface area contributed by atoms with Crippen LogP contribution >= 0.6 is 0 Å². The van der Waals surface area contributed by atoms with Crippen LogP contribution in [0.4, 0.5) is 0 Å². The molecule has 3 rings (SSSR count). The van der Waals surface area contributed by atoms with E-state index in [1.165, 1.54) is 6.07 Å². The Kier molecular flexibility index (Phi) is 11.8. The van der Waals surface area contributed by atoms with Crippen LogP contribution < -0.4 is 33.0 Å². The molecule has 42 heavy (non-hydrogen) atoms. The average molecular weight is 578 g/mol. The summed E-state index contributed by atoms with van der Waals surface area (Å²) in [5, 5.41) is 8.69. The summed E-state index contributed by atoms with van der Waals surface area (Å²) in [5.74, 6) is -2.19. The van der Waals surface area contributed by atoms with Gasteiger partial charge in [0.1, 0.15) is 23.2 Å². The topological polar surface area (TPSA) is 187 Å². The maximum Gasteiger partial charge on any atom is 0.349 e. The second kappa shape index (κ2) is 15.5. The second-order valence-electron chi connectivity index (χ2n) is 10.7. The van der Waals surface area contributed by atoms with Crippen LogP contribution in [0.5, 0.6) is 0 Å². The molecule has 0 aliphatic heterocycles. The number of fused-ring (bicyclic) bond motifs is 1. The van der Waals surface area contributed by atoms with E-state index in [0.29, 0.717) is 36.7 Å². The molecule has 224 valence electrons. The molecule has 3 atom stereocenters. The number of carbonyl (C=O) groups is 4. The first kappa shape index (κ1) is 32.0. The number of hydrogen-bond donors (Lipinski definition) is 5. The number of benzene rings is 2. The first-order chi connectivity index (χ1) is 20.0. The zero-order chi connectivity index (χ0) is 30.6. The summed E-state index contributed by atoms with van der Waals surface area (Å²) >= 11 is 0. The van der Waals surface area contributed by atoms with E-state index in [0.717, 1.165) is 5.56 Å². The number of rotatable bonds is 15. The lowest BCUT2D eigenvalue weighted by Crippen LogP contribution is -2.55. The van der Waals surface area contributed by atoms with E-state index in [4.69, 9.17) is 15.9 Å². The molecule has 7 N–H and O–H groups in total. The van der Waals surface area contributed by atoms with Gasteiger partial charge in [-0.3, -0.25) is 19.2 Å². The molecule has 0 unspecified atom stereocenters. The standard InChI is InChI=1S/C31H39N5O6/c1-19(2)16-25(36-29(39)23(32)17-20-10-4-3-5-11-20)30(40)35-24(27(33)37)13-8-9-15-34-28(38)22-18-21-12-6-7-14-26(21)42-31(22)41/h3-7,10-12,14,18-19,23-25H,8-9,13,15-17,32H2,1-2H3,(H2,33,37)(H,34,38)(H,35,40)(H,36,39)/t23-,24-,25-/m0/s1. The summed E-state index contributed by atoms with van der Waals surface area (Å²) in [4.78, 5) is 62.7. The Morgan fingerprint density at radius 1 is 0.881 bits per heavy atom. The molecule has 0 aliphatic rings. The third kappa shape index (κ3) is 9.55. The number of unbranched alkanes of at least 4 members (excludes halogenated alkanes) is 1. The molecule has 11 heteroatoms. The molecule has 0 fully saturated rings. The van der Waals surface area contributed by atoms with Crippen molar-refractivity contribution in [3.63, 3.8) is 0 Å². The van der Waals surface area contributed by atoms with Crippen molar-refractivity contribution < 1.29 is 23.6 Å². The van der Waals surface area contributed by atoms with Gasteiger partial charge in [0.15, 0.2) is 0 Å². The zero-order valence-electron chi connectivity index (χ0n) is 23.9. The molecule has 0 spiro atoms. The Morgan fingerprint density at radius 2 is 1.55 bits per heavy atom. The largest absolute Gasteiger partial charge is 0.422 e. The fourth-order valence-electron chi connectivity index (χ4n) is 4.49. The molecule has 0 saturated carbocycles.